The van der Waals surface area contributed by atoms with E-state index < -0.39 is 12.0 Å². The van der Waals surface area contributed by atoms with Crippen LogP contribution in [-0.2, 0) is 17.8 Å². The number of fused-ring (bicyclic) bond motifs is 1. The molecule has 1 heterocycles. The van der Waals surface area contributed by atoms with Crippen molar-refractivity contribution < 1.29 is 19.7 Å². The molecular formula is C11H12BrNO4. The van der Waals surface area contributed by atoms with Gasteiger partial charge >= 0.3 is 5.97 Å². The highest BCUT2D eigenvalue weighted by Crippen LogP contribution is 2.40. The summed E-state index contributed by atoms with van der Waals surface area (Å²) >= 11 is 3.36. The minimum atomic E-state index is -0.887. The number of nitrogens with one attached hydrogen (secondary N) is 1. The van der Waals surface area contributed by atoms with Crippen molar-refractivity contribution in [2.24, 2.45) is 0 Å². The Labute approximate surface area is 107 Å². The second-order valence-corrected chi connectivity index (χ2v) is 4.65. The number of halogens is 1. The van der Waals surface area contributed by atoms with Gasteiger partial charge < -0.3 is 14.9 Å². The van der Waals surface area contributed by atoms with Crippen LogP contribution in [0.4, 0.5) is 0 Å². The molecule has 1 aliphatic rings. The molecule has 17 heavy (non-hydrogen) atoms. The fourth-order valence-electron chi connectivity index (χ4n) is 1.97. The first kappa shape index (κ1) is 12.2. The molecule has 2 rings (SSSR count). The van der Waals surface area contributed by atoms with Crippen LogP contribution in [0.1, 0.15) is 11.1 Å². The lowest BCUT2D eigenvalue weighted by Crippen LogP contribution is -2.41. The molecule has 1 aromatic carbocycles. The molecule has 6 heteroatoms. The standard InChI is InChI=1S/C11H12BrNO4/c1-17-10-8(14)3-5-2-7(11(15)16)13-4-6(5)9(10)12/h3,7,13-14H,2,4H2,1H3,(H,15,16)/t7-/m0/s1. The molecule has 0 unspecified atom stereocenters. The lowest BCUT2D eigenvalue weighted by Gasteiger charge is -2.25. The van der Waals surface area contributed by atoms with Gasteiger partial charge in [-0.25, -0.2) is 0 Å². The Morgan fingerprint density at radius 2 is 2.35 bits per heavy atom. The maximum Gasteiger partial charge on any atom is 0.321 e. The Hall–Kier alpha value is -1.27. The summed E-state index contributed by atoms with van der Waals surface area (Å²) in [5.41, 5.74) is 1.75. The zero-order valence-corrected chi connectivity index (χ0v) is 10.7. The number of carboxylic acids is 1. The van der Waals surface area contributed by atoms with Crippen LogP contribution in [0.2, 0.25) is 0 Å². The van der Waals surface area contributed by atoms with E-state index in [4.69, 9.17) is 9.84 Å². The second-order valence-electron chi connectivity index (χ2n) is 3.86. The molecule has 1 aromatic rings. The number of carboxylic acid groups (broad SMARTS) is 1. The van der Waals surface area contributed by atoms with Crippen LogP contribution in [0.25, 0.3) is 0 Å². The minimum absolute atomic E-state index is 0.0177. The van der Waals surface area contributed by atoms with Gasteiger partial charge in [0.1, 0.15) is 6.04 Å². The summed E-state index contributed by atoms with van der Waals surface area (Å²) in [6.07, 6.45) is 0.348. The second kappa shape index (κ2) is 4.54. The molecule has 0 amide bonds. The third-order valence-corrected chi connectivity index (χ3v) is 3.69. The highest BCUT2D eigenvalue weighted by atomic mass is 79.9. The van der Waals surface area contributed by atoms with Crippen LogP contribution in [-0.4, -0.2) is 29.3 Å². The van der Waals surface area contributed by atoms with Crippen molar-refractivity contribution in [3.05, 3.63) is 21.7 Å². The van der Waals surface area contributed by atoms with Crippen molar-refractivity contribution in [1.82, 2.24) is 5.32 Å². The highest BCUT2D eigenvalue weighted by molar-refractivity contribution is 9.10. The summed E-state index contributed by atoms with van der Waals surface area (Å²) in [7, 11) is 1.47. The number of ether oxygens (including phenoxy) is 1. The number of benzene rings is 1. The van der Waals surface area contributed by atoms with Gasteiger partial charge in [0.2, 0.25) is 0 Å². The fourth-order valence-corrected chi connectivity index (χ4v) is 2.73. The van der Waals surface area contributed by atoms with Gasteiger partial charge in [0.25, 0.3) is 0 Å². The largest absolute Gasteiger partial charge is 0.504 e. The summed E-state index contributed by atoms with van der Waals surface area (Å²) in [6, 6.07) is 0.956. The third-order valence-electron chi connectivity index (χ3n) is 2.85. The van der Waals surface area contributed by atoms with Gasteiger partial charge in [-0.15, -0.1) is 0 Å². The summed E-state index contributed by atoms with van der Waals surface area (Å²) in [5.74, 6) is -0.495. The number of phenols is 1. The Bertz CT molecular complexity index is 475. The van der Waals surface area contributed by atoms with Crippen LogP contribution in [0.5, 0.6) is 11.5 Å². The zero-order valence-electron chi connectivity index (χ0n) is 9.16. The fraction of sp³-hybridized carbons (Fsp3) is 0.364. The van der Waals surface area contributed by atoms with Gasteiger partial charge in [-0.2, -0.15) is 0 Å². The summed E-state index contributed by atoms with van der Waals surface area (Å²) in [6.45, 7) is 0.434. The van der Waals surface area contributed by atoms with E-state index in [1.165, 1.54) is 7.11 Å². The first-order valence-corrected chi connectivity index (χ1v) is 5.87. The predicted octanol–water partition coefficient (Wildman–Crippen LogP) is 1.26. The van der Waals surface area contributed by atoms with Crippen molar-refractivity contribution in [1.29, 1.82) is 0 Å². The predicted molar refractivity (Wildman–Crippen MR) is 64.3 cm³/mol. The lowest BCUT2D eigenvalue weighted by molar-refractivity contribution is -0.139. The van der Waals surface area contributed by atoms with Crippen molar-refractivity contribution in [2.75, 3.05) is 7.11 Å². The molecule has 0 fully saturated rings. The SMILES string of the molecule is COc1c(O)cc2c(c1Br)CN[C@H](C(=O)O)C2. The first-order valence-electron chi connectivity index (χ1n) is 5.08. The van der Waals surface area contributed by atoms with Crippen LogP contribution < -0.4 is 10.1 Å². The van der Waals surface area contributed by atoms with Gasteiger partial charge in [-0.05, 0) is 39.5 Å². The number of aliphatic carboxylic acids is 1. The summed E-state index contributed by atoms with van der Waals surface area (Å²) in [4.78, 5) is 10.9. The van der Waals surface area contributed by atoms with Crippen molar-refractivity contribution >= 4 is 21.9 Å². The van der Waals surface area contributed by atoms with E-state index in [1.54, 1.807) is 6.07 Å². The van der Waals surface area contributed by atoms with Crippen LogP contribution in [0.15, 0.2) is 10.5 Å². The van der Waals surface area contributed by atoms with E-state index in [2.05, 4.69) is 21.2 Å². The molecule has 5 nitrogen and oxygen atoms in total. The van der Waals surface area contributed by atoms with Crippen molar-refractivity contribution in [3.8, 4) is 11.5 Å². The van der Waals surface area contributed by atoms with Crippen LogP contribution >= 0.6 is 15.9 Å². The summed E-state index contributed by atoms with van der Waals surface area (Å²) < 4.78 is 5.75. The molecule has 0 saturated heterocycles. The molecule has 0 saturated carbocycles. The first-order chi connectivity index (χ1) is 8.04. The van der Waals surface area contributed by atoms with Gasteiger partial charge in [-0.3, -0.25) is 10.1 Å². The number of methoxy groups -OCH3 is 1. The molecular weight excluding hydrogens is 290 g/mol. The molecule has 0 bridgehead atoms. The number of phenolic OH excluding ortho intramolecular Hbond substituents is 1. The van der Waals surface area contributed by atoms with Gasteiger partial charge in [0, 0.05) is 6.54 Å². The number of rotatable bonds is 2. The molecule has 1 atom stereocenters. The van der Waals surface area contributed by atoms with Gasteiger partial charge in [0.15, 0.2) is 11.5 Å². The maximum absolute atomic E-state index is 10.9. The quantitative estimate of drug-likeness (QED) is 0.766. The van der Waals surface area contributed by atoms with Gasteiger partial charge in [0.05, 0.1) is 11.6 Å². The smallest absolute Gasteiger partial charge is 0.321 e. The number of hydrogen-bond acceptors (Lipinski definition) is 4. The maximum atomic E-state index is 10.9. The van der Waals surface area contributed by atoms with Gasteiger partial charge in [-0.1, -0.05) is 0 Å². The molecule has 0 spiro atoms. The Kier molecular flexibility index (Phi) is 3.26. The monoisotopic (exact) mass is 301 g/mol. The lowest BCUT2D eigenvalue weighted by atomic mass is 9.95. The molecule has 92 valence electrons. The molecule has 0 radical (unpaired) electrons. The molecule has 1 aliphatic heterocycles. The zero-order chi connectivity index (χ0) is 12.6. The molecule has 0 aliphatic carbocycles. The van der Waals surface area contributed by atoms with E-state index >= 15 is 0 Å². The van der Waals surface area contributed by atoms with Crippen molar-refractivity contribution in [2.45, 2.75) is 19.0 Å². The Balaban J connectivity index is 2.44. The highest BCUT2D eigenvalue weighted by Gasteiger charge is 2.27. The van der Waals surface area contributed by atoms with E-state index in [1.807, 2.05) is 0 Å². The number of aromatic hydroxyl groups is 1. The topological polar surface area (TPSA) is 78.8 Å². The minimum Gasteiger partial charge on any atom is -0.504 e. The normalized spacial score (nSPS) is 18.6. The van der Waals surface area contributed by atoms with E-state index in [9.17, 15) is 9.90 Å². The van der Waals surface area contributed by atoms with Crippen molar-refractivity contribution in [3.63, 3.8) is 0 Å². The average molecular weight is 302 g/mol. The average Bonchev–Trinajstić information content (AvgIpc) is 2.28. The van der Waals surface area contributed by atoms with Crippen LogP contribution in [0.3, 0.4) is 0 Å². The van der Waals surface area contributed by atoms with Crippen LogP contribution in [0, 0.1) is 0 Å². The summed E-state index contributed by atoms with van der Waals surface area (Å²) in [5, 5.41) is 21.6. The molecule has 0 aromatic heterocycles. The Morgan fingerprint density at radius 1 is 1.65 bits per heavy atom. The third kappa shape index (κ3) is 2.10. The van der Waals surface area contributed by atoms with E-state index in [-0.39, 0.29) is 5.75 Å². The van der Waals surface area contributed by atoms with E-state index in [0.29, 0.717) is 23.2 Å². The molecule has 3 N–H and O–H groups in total. The van der Waals surface area contributed by atoms with E-state index in [0.717, 1.165) is 11.1 Å². The Morgan fingerprint density at radius 3 is 2.94 bits per heavy atom. The number of carbonyl (C=O) groups is 1. The number of hydrogen-bond donors (Lipinski definition) is 3.